The van der Waals surface area contributed by atoms with Crippen molar-refractivity contribution in [2.75, 3.05) is 19.0 Å². The van der Waals surface area contributed by atoms with Crippen molar-refractivity contribution in [3.8, 4) is 0 Å². The molecule has 1 aliphatic heterocycles. The summed E-state index contributed by atoms with van der Waals surface area (Å²) in [5.41, 5.74) is 6.40. The van der Waals surface area contributed by atoms with E-state index in [1.54, 1.807) is 0 Å². The Kier molecular flexibility index (Phi) is 3.35. The Balaban J connectivity index is 2.02. The van der Waals surface area contributed by atoms with Crippen LogP contribution < -0.4 is 5.73 Å². The number of hydrogen-bond donors (Lipinski definition) is 1. The molecule has 0 aromatic heterocycles. The molecule has 2 N–H and O–H groups in total. The fourth-order valence-electron chi connectivity index (χ4n) is 3.15. The van der Waals surface area contributed by atoms with Gasteiger partial charge in [0.15, 0.2) is 0 Å². The molecule has 2 nitrogen and oxygen atoms in total. The van der Waals surface area contributed by atoms with Gasteiger partial charge < -0.3 is 5.73 Å². The summed E-state index contributed by atoms with van der Waals surface area (Å²) < 4.78 is 0. The van der Waals surface area contributed by atoms with Gasteiger partial charge in [0.05, 0.1) is 0 Å². The highest BCUT2D eigenvalue weighted by Gasteiger charge is 2.41. The molecule has 0 amide bonds. The highest BCUT2D eigenvalue weighted by Crippen LogP contribution is 2.39. The van der Waals surface area contributed by atoms with Gasteiger partial charge in [0.1, 0.15) is 0 Å². The molecule has 2 rings (SSSR count). The lowest BCUT2D eigenvalue weighted by atomic mass is 9.92. The zero-order valence-corrected chi connectivity index (χ0v) is 9.60. The Morgan fingerprint density at radius 2 is 2.07 bits per heavy atom. The smallest absolute Gasteiger partial charge is 0.0241 e. The second-order valence-electron chi connectivity index (χ2n) is 4.87. The first-order valence-corrected chi connectivity index (χ1v) is 6.37. The monoisotopic (exact) mass is 216 g/mol. The van der Waals surface area contributed by atoms with E-state index in [9.17, 15) is 0 Å². The Morgan fingerprint density at radius 1 is 1.36 bits per heavy atom. The third-order valence-electron chi connectivity index (χ3n) is 3.99. The molecule has 2 fully saturated rings. The molecule has 1 saturated carbocycles. The molecule has 0 aromatic rings. The molecule has 0 radical (unpaired) electrons. The second kappa shape index (κ2) is 4.38. The fraction of sp³-hybridized carbons (Fsp3) is 1.00. The summed E-state index contributed by atoms with van der Waals surface area (Å²) in [5, 5.41) is 0. The van der Waals surface area contributed by atoms with E-state index in [4.69, 9.17) is 17.3 Å². The predicted octanol–water partition coefficient (Wildman–Crippen LogP) is 1.96. The summed E-state index contributed by atoms with van der Waals surface area (Å²) >= 11 is 5.93. The van der Waals surface area contributed by atoms with Crippen LogP contribution in [0, 0.1) is 0 Å². The van der Waals surface area contributed by atoms with Gasteiger partial charge >= 0.3 is 0 Å². The number of hydrogen-bond acceptors (Lipinski definition) is 2. The minimum atomic E-state index is 0.405. The van der Waals surface area contributed by atoms with Crippen molar-refractivity contribution in [3.63, 3.8) is 0 Å². The molecule has 1 heterocycles. The molecular formula is C11H21ClN2. The topological polar surface area (TPSA) is 29.3 Å². The third-order valence-corrected chi connectivity index (χ3v) is 4.18. The molecule has 0 bridgehead atoms. The van der Waals surface area contributed by atoms with Crippen molar-refractivity contribution in [3.05, 3.63) is 0 Å². The van der Waals surface area contributed by atoms with Gasteiger partial charge in [-0.15, -0.1) is 11.6 Å². The van der Waals surface area contributed by atoms with Crippen LogP contribution in [-0.4, -0.2) is 35.5 Å². The second-order valence-corrected chi connectivity index (χ2v) is 5.24. The van der Waals surface area contributed by atoms with Crippen molar-refractivity contribution < 1.29 is 0 Å². The summed E-state index contributed by atoms with van der Waals surface area (Å²) in [4.78, 5) is 2.62. The standard InChI is InChI=1S/C11H21ClN2/c12-7-6-11(4-1-2-5-11)14-8-3-10(13)9-14/h10H,1-9,13H2/t10-/m0/s1. The first-order chi connectivity index (χ1) is 6.77. The maximum atomic E-state index is 5.97. The zero-order valence-electron chi connectivity index (χ0n) is 8.84. The Hall–Kier alpha value is 0.210. The predicted molar refractivity (Wildman–Crippen MR) is 60.7 cm³/mol. The van der Waals surface area contributed by atoms with E-state index in [2.05, 4.69) is 4.90 Å². The van der Waals surface area contributed by atoms with Crippen LogP contribution in [0.1, 0.15) is 38.5 Å². The first-order valence-electron chi connectivity index (χ1n) is 5.83. The van der Waals surface area contributed by atoms with E-state index in [0.29, 0.717) is 11.6 Å². The van der Waals surface area contributed by atoms with Crippen LogP contribution in [-0.2, 0) is 0 Å². The number of likely N-dealkylation sites (tertiary alicyclic amines) is 1. The molecule has 0 spiro atoms. The lowest BCUT2D eigenvalue weighted by Crippen LogP contribution is -2.46. The van der Waals surface area contributed by atoms with Gasteiger partial charge in [-0.25, -0.2) is 0 Å². The van der Waals surface area contributed by atoms with Gasteiger partial charge in [0.2, 0.25) is 0 Å². The average molecular weight is 217 g/mol. The van der Waals surface area contributed by atoms with E-state index in [1.165, 1.54) is 38.6 Å². The molecular weight excluding hydrogens is 196 g/mol. The van der Waals surface area contributed by atoms with Crippen molar-refractivity contribution >= 4 is 11.6 Å². The Labute approximate surface area is 91.8 Å². The van der Waals surface area contributed by atoms with E-state index >= 15 is 0 Å². The number of nitrogens with two attached hydrogens (primary N) is 1. The summed E-state index contributed by atoms with van der Waals surface area (Å²) in [5.74, 6) is 0.797. The van der Waals surface area contributed by atoms with Gasteiger partial charge in [-0.3, -0.25) is 4.90 Å². The van der Waals surface area contributed by atoms with E-state index < -0.39 is 0 Å². The Bertz CT molecular complexity index is 190. The maximum Gasteiger partial charge on any atom is 0.0241 e. The van der Waals surface area contributed by atoms with E-state index in [-0.39, 0.29) is 0 Å². The van der Waals surface area contributed by atoms with Crippen LogP contribution in [0.15, 0.2) is 0 Å². The van der Waals surface area contributed by atoms with Crippen molar-refractivity contribution in [2.24, 2.45) is 5.73 Å². The minimum absolute atomic E-state index is 0.405. The van der Waals surface area contributed by atoms with Gasteiger partial charge in [0.25, 0.3) is 0 Å². The quantitative estimate of drug-likeness (QED) is 0.731. The SMILES string of the molecule is N[C@H]1CCN(C2(CCCl)CCCC2)C1. The molecule has 0 unspecified atom stereocenters. The molecule has 1 aliphatic carbocycles. The molecule has 82 valence electrons. The molecule has 14 heavy (non-hydrogen) atoms. The van der Waals surface area contributed by atoms with Crippen LogP contribution in [0.25, 0.3) is 0 Å². The third kappa shape index (κ3) is 1.93. The van der Waals surface area contributed by atoms with E-state index in [0.717, 1.165) is 18.8 Å². The van der Waals surface area contributed by atoms with Gasteiger partial charge in [0, 0.05) is 30.6 Å². The summed E-state index contributed by atoms with van der Waals surface area (Å²) in [7, 11) is 0. The number of halogens is 1. The highest BCUT2D eigenvalue weighted by molar-refractivity contribution is 6.17. The summed E-state index contributed by atoms with van der Waals surface area (Å²) in [6.45, 7) is 2.29. The zero-order chi connectivity index (χ0) is 10.0. The maximum absolute atomic E-state index is 5.97. The van der Waals surface area contributed by atoms with Crippen LogP contribution >= 0.6 is 11.6 Å². The molecule has 1 saturated heterocycles. The highest BCUT2D eigenvalue weighted by atomic mass is 35.5. The van der Waals surface area contributed by atoms with Gasteiger partial charge in [-0.1, -0.05) is 12.8 Å². The number of alkyl halides is 1. The lowest BCUT2D eigenvalue weighted by molar-refractivity contribution is 0.117. The van der Waals surface area contributed by atoms with Crippen LogP contribution in [0.5, 0.6) is 0 Å². The first kappa shape index (κ1) is 10.7. The van der Waals surface area contributed by atoms with Crippen molar-refractivity contribution in [2.45, 2.75) is 50.1 Å². The largest absolute Gasteiger partial charge is 0.326 e. The van der Waals surface area contributed by atoms with Gasteiger partial charge in [-0.05, 0) is 25.7 Å². The molecule has 1 atom stereocenters. The molecule has 3 heteroatoms. The number of rotatable bonds is 3. The van der Waals surface area contributed by atoms with E-state index in [1.807, 2.05) is 0 Å². The normalized spacial score (nSPS) is 32.6. The van der Waals surface area contributed by atoms with Crippen molar-refractivity contribution in [1.29, 1.82) is 0 Å². The van der Waals surface area contributed by atoms with Crippen molar-refractivity contribution in [1.82, 2.24) is 4.90 Å². The number of nitrogens with zero attached hydrogens (tertiary/aromatic N) is 1. The average Bonchev–Trinajstić information content (AvgIpc) is 2.75. The lowest BCUT2D eigenvalue weighted by Gasteiger charge is -2.38. The van der Waals surface area contributed by atoms with Crippen LogP contribution in [0.3, 0.4) is 0 Å². The van der Waals surface area contributed by atoms with Gasteiger partial charge in [-0.2, -0.15) is 0 Å². The van der Waals surface area contributed by atoms with Crippen LogP contribution in [0.2, 0.25) is 0 Å². The molecule has 2 aliphatic rings. The summed E-state index contributed by atoms with van der Waals surface area (Å²) in [6, 6.07) is 0.405. The Morgan fingerprint density at radius 3 is 2.57 bits per heavy atom. The van der Waals surface area contributed by atoms with Crippen LogP contribution in [0.4, 0.5) is 0 Å². The molecule has 0 aromatic carbocycles. The fourth-order valence-corrected chi connectivity index (χ4v) is 3.50. The summed E-state index contributed by atoms with van der Waals surface area (Å²) in [6.07, 6.45) is 7.76. The minimum Gasteiger partial charge on any atom is -0.326 e.